The molecule has 1 unspecified atom stereocenters. The van der Waals surface area contributed by atoms with Gasteiger partial charge in [0.05, 0.1) is 6.07 Å². The Morgan fingerprint density at radius 2 is 2.32 bits per heavy atom. The molecule has 0 radical (unpaired) electrons. The van der Waals surface area contributed by atoms with Gasteiger partial charge in [0.25, 0.3) is 0 Å². The number of H-pyrrole nitrogens is 1. The van der Waals surface area contributed by atoms with Crippen molar-refractivity contribution in [2.45, 2.75) is 50.4 Å². The summed E-state index contributed by atoms with van der Waals surface area (Å²) in [4.78, 5) is 11.2. The molecular formula is C12H21N5OS. The number of thioether (sulfide) groups is 1. The third-order valence-corrected chi connectivity index (χ3v) is 3.86. The Morgan fingerprint density at radius 3 is 2.79 bits per heavy atom. The minimum absolute atomic E-state index is 0.203. The van der Waals surface area contributed by atoms with Crippen LogP contribution >= 0.6 is 11.8 Å². The quantitative estimate of drug-likeness (QED) is 0.581. The van der Waals surface area contributed by atoms with E-state index in [2.05, 4.69) is 21.6 Å². The molecule has 0 bridgehead atoms. The van der Waals surface area contributed by atoms with E-state index in [0.717, 1.165) is 18.6 Å². The Bertz CT molecular complexity index is 501. The minimum Gasteiger partial charge on any atom is -0.297 e. The zero-order chi connectivity index (χ0) is 14.5. The molecule has 1 aromatic heterocycles. The lowest BCUT2D eigenvalue weighted by Crippen LogP contribution is -2.44. The molecule has 6 nitrogen and oxygen atoms in total. The van der Waals surface area contributed by atoms with Crippen molar-refractivity contribution in [3.8, 4) is 6.07 Å². The van der Waals surface area contributed by atoms with Crippen molar-refractivity contribution in [1.82, 2.24) is 20.1 Å². The second-order valence-corrected chi connectivity index (χ2v) is 6.13. The van der Waals surface area contributed by atoms with E-state index in [1.165, 1.54) is 16.3 Å². The van der Waals surface area contributed by atoms with Gasteiger partial charge in [-0.15, -0.1) is 5.10 Å². The topological polar surface area (TPSA) is 86.5 Å². The molecule has 0 spiro atoms. The largest absolute Gasteiger partial charge is 0.343 e. The van der Waals surface area contributed by atoms with Crippen molar-refractivity contribution in [1.29, 1.82) is 5.26 Å². The third-order valence-electron chi connectivity index (χ3n) is 2.75. The van der Waals surface area contributed by atoms with Crippen molar-refractivity contribution in [3.05, 3.63) is 10.5 Å². The smallest absolute Gasteiger partial charge is 0.297 e. The standard InChI is InChI=1S/C12H21N5OS/c1-9(2)14-12(3,8-13)6-5-7-19-11-16-15-10(18)17(11)4/h9,14H,5-7H2,1-4H3,(H,15,18). The van der Waals surface area contributed by atoms with Crippen molar-refractivity contribution in [2.75, 3.05) is 5.75 Å². The first kappa shape index (κ1) is 15.8. The van der Waals surface area contributed by atoms with Crippen LogP contribution in [0.5, 0.6) is 0 Å². The number of hydrogen-bond acceptors (Lipinski definition) is 5. The summed E-state index contributed by atoms with van der Waals surface area (Å²) in [5.41, 5.74) is -0.697. The average molecular weight is 283 g/mol. The van der Waals surface area contributed by atoms with Crippen LogP contribution in [-0.2, 0) is 7.05 Å². The average Bonchev–Trinajstić information content (AvgIpc) is 2.65. The van der Waals surface area contributed by atoms with Crippen LogP contribution in [0.15, 0.2) is 9.95 Å². The Labute approximate surface area is 117 Å². The molecule has 0 aliphatic heterocycles. The van der Waals surface area contributed by atoms with Crippen LogP contribution in [0.2, 0.25) is 0 Å². The first-order valence-electron chi connectivity index (χ1n) is 6.31. The van der Waals surface area contributed by atoms with Crippen LogP contribution in [0.1, 0.15) is 33.6 Å². The lowest BCUT2D eigenvalue weighted by molar-refractivity contribution is 0.380. The van der Waals surface area contributed by atoms with Crippen LogP contribution in [0, 0.1) is 11.3 Å². The highest BCUT2D eigenvalue weighted by Gasteiger charge is 2.23. The molecule has 1 heterocycles. The second kappa shape index (κ2) is 6.78. The van der Waals surface area contributed by atoms with E-state index in [1.807, 2.05) is 20.8 Å². The molecule has 2 N–H and O–H groups in total. The maximum atomic E-state index is 11.2. The van der Waals surface area contributed by atoms with E-state index in [9.17, 15) is 10.1 Å². The van der Waals surface area contributed by atoms with E-state index < -0.39 is 5.54 Å². The minimum atomic E-state index is -0.494. The van der Waals surface area contributed by atoms with E-state index in [0.29, 0.717) is 5.16 Å². The molecule has 19 heavy (non-hydrogen) atoms. The highest BCUT2D eigenvalue weighted by Crippen LogP contribution is 2.18. The summed E-state index contributed by atoms with van der Waals surface area (Å²) >= 11 is 1.52. The van der Waals surface area contributed by atoms with Gasteiger partial charge in [-0.25, -0.2) is 9.89 Å². The number of aromatic nitrogens is 3. The summed E-state index contributed by atoms with van der Waals surface area (Å²) in [5, 5.41) is 19.5. The first-order chi connectivity index (χ1) is 8.88. The SMILES string of the molecule is CC(C)NC(C)(C#N)CCCSc1n[nH]c(=O)n1C. The summed E-state index contributed by atoms with van der Waals surface area (Å²) in [6.07, 6.45) is 1.66. The van der Waals surface area contributed by atoms with Crippen LogP contribution in [0.4, 0.5) is 0 Å². The molecule has 0 aliphatic carbocycles. The van der Waals surface area contributed by atoms with E-state index in [1.54, 1.807) is 7.05 Å². The van der Waals surface area contributed by atoms with Crippen molar-refractivity contribution in [2.24, 2.45) is 7.05 Å². The Balaban J connectivity index is 2.40. The zero-order valence-corrected chi connectivity index (χ0v) is 12.7. The van der Waals surface area contributed by atoms with Crippen molar-refractivity contribution < 1.29 is 0 Å². The van der Waals surface area contributed by atoms with Gasteiger partial charge < -0.3 is 0 Å². The van der Waals surface area contributed by atoms with E-state index in [-0.39, 0.29) is 11.7 Å². The second-order valence-electron chi connectivity index (χ2n) is 5.07. The Hall–Kier alpha value is -1.26. The summed E-state index contributed by atoms with van der Waals surface area (Å²) in [6.45, 7) is 5.98. The maximum absolute atomic E-state index is 11.2. The van der Waals surface area contributed by atoms with Crippen LogP contribution in [0.25, 0.3) is 0 Å². The molecule has 7 heteroatoms. The van der Waals surface area contributed by atoms with Gasteiger partial charge >= 0.3 is 5.69 Å². The number of aromatic amines is 1. The molecule has 1 rings (SSSR count). The van der Waals surface area contributed by atoms with Crippen molar-refractivity contribution in [3.63, 3.8) is 0 Å². The number of rotatable bonds is 7. The van der Waals surface area contributed by atoms with Gasteiger partial charge in [0.15, 0.2) is 5.16 Å². The molecule has 0 aliphatic rings. The molecule has 0 fully saturated rings. The van der Waals surface area contributed by atoms with Crippen LogP contribution in [0.3, 0.4) is 0 Å². The molecule has 0 amide bonds. The monoisotopic (exact) mass is 283 g/mol. The number of nitrogens with zero attached hydrogens (tertiary/aromatic N) is 3. The molecule has 1 aromatic rings. The van der Waals surface area contributed by atoms with Gasteiger partial charge in [0, 0.05) is 18.8 Å². The number of hydrogen-bond donors (Lipinski definition) is 2. The molecule has 106 valence electrons. The fourth-order valence-corrected chi connectivity index (χ4v) is 2.71. The fourth-order valence-electron chi connectivity index (χ4n) is 1.85. The summed E-state index contributed by atoms with van der Waals surface area (Å²) in [7, 11) is 1.69. The summed E-state index contributed by atoms with van der Waals surface area (Å²) < 4.78 is 1.49. The predicted octanol–water partition coefficient (Wildman–Crippen LogP) is 1.26. The highest BCUT2D eigenvalue weighted by molar-refractivity contribution is 7.99. The van der Waals surface area contributed by atoms with Gasteiger partial charge in [-0.2, -0.15) is 5.26 Å². The number of nitrogens with one attached hydrogen (secondary N) is 2. The fraction of sp³-hybridized carbons (Fsp3) is 0.750. The highest BCUT2D eigenvalue weighted by atomic mass is 32.2. The molecule has 0 saturated carbocycles. The van der Waals surface area contributed by atoms with Gasteiger partial charge in [0.2, 0.25) is 0 Å². The van der Waals surface area contributed by atoms with Crippen LogP contribution in [-0.4, -0.2) is 32.1 Å². The van der Waals surface area contributed by atoms with Gasteiger partial charge in [-0.1, -0.05) is 11.8 Å². The summed E-state index contributed by atoms with van der Waals surface area (Å²) in [6, 6.07) is 2.61. The van der Waals surface area contributed by atoms with Gasteiger partial charge in [-0.3, -0.25) is 9.88 Å². The first-order valence-corrected chi connectivity index (χ1v) is 7.29. The third kappa shape index (κ3) is 4.73. The maximum Gasteiger partial charge on any atom is 0.343 e. The molecule has 0 aromatic carbocycles. The normalized spacial score (nSPS) is 14.3. The van der Waals surface area contributed by atoms with Crippen molar-refractivity contribution >= 4 is 11.8 Å². The predicted molar refractivity (Wildman–Crippen MR) is 76.1 cm³/mol. The number of nitriles is 1. The Kier molecular flexibility index (Phi) is 5.63. The lowest BCUT2D eigenvalue weighted by Gasteiger charge is -2.25. The van der Waals surface area contributed by atoms with E-state index >= 15 is 0 Å². The zero-order valence-electron chi connectivity index (χ0n) is 11.9. The van der Waals surface area contributed by atoms with Crippen LogP contribution < -0.4 is 11.0 Å². The molecule has 0 saturated heterocycles. The van der Waals surface area contributed by atoms with E-state index in [4.69, 9.17) is 0 Å². The summed E-state index contributed by atoms with van der Waals surface area (Å²) in [5.74, 6) is 0.829. The van der Waals surface area contributed by atoms with Gasteiger partial charge in [-0.05, 0) is 33.6 Å². The lowest BCUT2D eigenvalue weighted by atomic mass is 9.97. The molecule has 1 atom stereocenters. The van der Waals surface area contributed by atoms with Gasteiger partial charge in [0.1, 0.15) is 5.54 Å². The molecular weight excluding hydrogens is 262 g/mol. The Morgan fingerprint density at radius 1 is 1.63 bits per heavy atom.